The lowest BCUT2D eigenvalue weighted by molar-refractivity contribution is -0.112. The number of rotatable bonds is 6. The van der Waals surface area contributed by atoms with E-state index in [2.05, 4.69) is 10.6 Å². The number of carbonyl (C=O) groups excluding carboxylic acids is 1. The summed E-state index contributed by atoms with van der Waals surface area (Å²) < 4.78 is 5.11. The molecule has 0 aliphatic carbocycles. The van der Waals surface area contributed by atoms with Gasteiger partial charge in [-0.2, -0.15) is 5.26 Å². The Morgan fingerprint density at radius 3 is 2.57 bits per heavy atom. The number of carboxylic acids is 1. The summed E-state index contributed by atoms with van der Waals surface area (Å²) in [7, 11) is 0. The van der Waals surface area contributed by atoms with Crippen molar-refractivity contribution < 1.29 is 19.1 Å². The lowest BCUT2D eigenvalue weighted by atomic mass is 10.2. The SMILES string of the molecule is N#C/C(=C/NCc1ccco1)C(=O)Nc1ccc(C(=O)O)cc1. The van der Waals surface area contributed by atoms with Crippen LogP contribution in [0.15, 0.2) is 58.9 Å². The largest absolute Gasteiger partial charge is 0.478 e. The second-order valence-electron chi connectivity index (χ2n) is 4.47. The molecule has 0 fully saturated rings. The van der Waals surface area contributed by atoms with Crippen LogP contribution in [0.4, 0.5) is 5.69 Å². The molecule has 7 heteroatoms. The molecule has 1 heterocycles. The van der Waals surface area contributed by atoms with Crippen LogP contribution in [0.2, 0.25) is 0 Å². The molecule has 3 N–H and O–H groups in total. The number of aromatic carboxylic acids is 1. The molecule has 1 aromatic heterocycles. The molecule has 0 spiro atoms. The lowest BCUT2D eigenvalue weighted by Crippen LogP contribution is -2.16. The van der Waals surface area contributed by atoms with E-state index in [-0.39, 0.29) is 11.1 Å². The van der Waals surface area contributed by atoms with Crippen molar-refractivity contribution in [1.82, 2.24) is 5.32 Å². The van der Waals surface area contributed by atoms with Crippen LogP contribution in [-0.2, 0) is 11.3 Å². The van der Waals surface area contributed by atoms with E-state index in [9.17, 15) is 9.59 Å². The molecule has 1 amide bonds. The van der Waals surface area contributed by atoms with Crippen molar-refractivity contribution in [2.45, 2.75) is 6.54 Å². The van der Waals surface area contributed by atoms with Gasteiger partial charge in [0.2, 0.25) is 0 Å². The van der Waals surface area contributed by atoms with Crippen molar-refractivity contribution >= 4 is 17.6 Å². The highest BCUT2D eigenvalue weighted by atomic mass is 16.4. The molecular formula is C16H13N3O4. The molecular weight excluding hydrogens is 298 g/mol. The molecule has 0 atom stereocenters. The first kappa shape index (κ1) is 15.9. The zero-order valence-corrected chi connectivity index (χ0v) is 11.9. The Bertz CT molecular complexity index is 756. The average molecular weight is 311 g/mol. The fourth-order valence-corrected chi connectivity index (χ4v) is 1.71. The van der Waals surface area contributed by atoms with Gasteiger partial charge in [-0.25, -0.2) is 4.79 Å². The van der Waals surface area contributed by atoms with Crippen molar-refractivity contribution in [3.05, 3.63) is 65.8 Å². The first-order chi connectivity index (χ1) is 11.1. The molecule has 1 aromatic carbocycles. The highest BCUT2D eigenvalue weighted by Gasteiger charge is 2.10. The van der Waals surface area contributed by atoms with E-state index in [0.29, 0.717) is 18.0 Å². The molecule has 0 saturated carbocycles. The molecule has 0 aliphatic heterocycles. The van der Waals surface area contributed by atoms with Gasteiger partial charge in [0.05, 0.1) is 18.4 Å². The molecule has 116 valence electrons. The minimum atomic E-state index is -1.05. The normalized spacial score (nSPS) is 10.7. The smallest absolute Gasteiger partial charge is 0.335 e. The number of nitrogens with one attached hydrogen (secondary N) is 2. The van der Waals surface area contributed by atoms with Crippen LogP contribution in [-0.4, -0.2) is 17.0 Å². The third-order valence-corrected chi connectivity index (χ3v) is 2.86. The van der Waals surface area contributed by atoms with Gasteiger partial charge in [0, 0.05) is 11.9 Å². The number of nitrogens with zero attached hydrogens (tertiary/aromatic N) is 1. The van der Waals surface area contributed by atoms with Gasteiger partial charge in [0.15, 0.2) is 0 Å². The van der Waals surface area contributed by atoms with Gasteiger partial charge >= 0.3 is 5.97 Å². The van der Waals surface area contributed by atoms with E-state index in [1.807, 2.05) is 0 Å². The maximum absolute atomic E-state index is 12.0. The van der Waals surface area contributed by atoms with Crippen LogP contribution in [0.1, 0.15) is 16.1 Å². The first-order valence-electron chi connectivity index (χ1n) is 6.61. The monoisotopic (exact) mass is 311 g/mol. The van der Waals surface area contributed by atoms with Crippen LogP contribution >= 0.6 is 0 Å². The van der Waals surface area contributed by atoms with E-state index in [1.165, 1.54) is 36.7 Å². The van der Waals surface area contributed by atoms with Crippen molar-refractivity contribution in [2.24, 2.45) is 0 Å². The zero-order valence-electron chi connectivity index (χ0n) is 11.9. The Balaban J connectivity index is 1.96. The second-order valence-corrected chi connectivity index (χ2v) is 4.47. The summed E-state index contributed by atoms with van der Waals surface area (Å²) in [5.41, 5.74) is 0.394. The number of amides is 1. The minimum Gasteiger partial charge on any atom is -0.478 e. The molecule has 0 radical (unpaired) electrons. The summed E-state index contributed by atoms with van der Waals surface area (Å²) in [6.07, 6.45) is 2.82. The van der Waals surface area contributed by atoms with Crippen LogP contribution < -0.4 is 10.6 Å². The maximum atomic E-state index is 12.0. The molecule has 2 rings (SSSR count). The van der Waals surface area contributed by atoms with Crippen molar-refractivity contribution in [1.29, 1.82) is 5.26 Å². The molecule has 0 unspecified atom stereocenters. The number of benzene rings is 1. The number of hydrogen-bond acceptors (Lipinski definition) is 5. The standard InChI is InChI=1S/C16H13N3O4/c17-8-12(9-18-10-14-2-1-7-23-14)15(20)19-13-5-3-11(4-6-13)16(21)22/h1-7,9,18H,10H2,(H,19,20)(H,21,22)/b12-9-. The van der Waals surface area contributed by atoms with Gasteiger partial charge < -0.3 is 20.2 Å². The van der Waals surface area contributed by atoms with Crippen molar-refractivity contribution in [2.75, 3.05) is 5.32 Å². The van der Waals surface area contributed by atoms with Gasteiger partial charge in [0.25, 0.3) is 5.91 Å². The highest BCUT2D eigenvalue weighted by Crippen LogP contribution is 2.11. The zero-order chi connectivity index (χ0) is 16.7. The predicted octanol–water partition coefficient (Wildman–Crippen LogP) is 2.11. The van der Waals surface area contributed by atoms with E-state index >= 15 is 0 Å². The summed E-state index contributed by atoms with van der Waals surface area (Å²) in [6.45, 7) is 0.346. The van der Waals surface area contributed by atoms with E-state index in [0.717, 1.165) is 0 Å². The van der Waals surface area contributed by atoms with Crippen LogP contribution in [0.5, 0.6) is 0 Å². The quantitative estimate of drug-likeness (QED) is 0.556. The van der Waals surface area contributed by atoms with Gasteiger partial charge in [-0.3, -0.25) is 4.79 Å². The fourth-order valence-electron chi connectivity index (χ4n) is 1.71. The average Bonchev–Trinajstić information content (AvgIpc) is 3.05. The Hall–Kier alpha value is -3.53. The Kier molecular flexibility index (Phi) is 5.15. The summed E-state index contributed by atoms with van der Waals surface area (Å²) in [6, 6.07) is 10.9. The van der Waals surface area contributed by atoms with Gasteiger partial charge in [-0.15, -0.1) is 0 Å². The molecule has 0 bridgehead atoms. The third kappa shape index (κ3) is 4.47. The van der Waals surface area contributed by atoms with Crippen LogP contribution in [0.3, 0.4) is 0 Å². The summed E-state index contributed by atoms with van der Waals surface area (Å²) in [5, 5.41) is 23.2. The topological polar surface area (TPSA) is 115 Å². The minimum absolute atomic E-state index is 0.110. The number of hydrogen-bond donors (Lipinski definition) is 3. The molecule has 0 saturated heterocycles. The van der Waals surface area contributed by atoms with Gasteiger partial charge in [-0.1, -0.05) is 0 Å². The van der Waals surface area contributed by atoms with Crippen LogP contribution in [0, 0.1) is 11.3 Å². The van der Waals surface area contributed by atoms with Crippen molar-refractivity contribution in [3.8, 4) is 6.07 Å². The third-order valence-electron chi connectivity index (χ3n) is 2.86. The Morgan fingerprint density at radius 2 is 2.00 bits per heavy atom. The van der Waals surface area contributed by atoms with Gasteiger partial charge in [-0.05, 0) is 36.4 Å². The van der Waals surface area contributed by atoms with Crippen LogP contribution in [0.25, 0.3) is 0 Å². The van der Waals surface area contributed by atoms with Crippen molar-refractivity contribution in [3.63, 3.8) is 0 Å². The van der Waals surface area contributed by atoms with E-state index in [4.69, 9.17) is 14.8 Å². The first-order valence-corrected chi connectivity index (χ1v) is 6.61. The Morgan fingerprint density at radius 1 is 1.26 bits per heavy atom. The maximum Gasteiger partial charge on any atom is 0.335 e. The number of anilines is 1. The molecule has 0 aliphatic rings. The number of furan rings is 1. The van der Waals surface area contributed by atoms with E-state index in [1.54, 1.807) is 18.2 Å². The van der Waals surface area contributed by atoms with Gasteiger partial charge in [0.1, 0.15) is 17.4 Å². The molecule has 2 aromatic rings. The Labute approximate surface area is 131 Å². The summed E-state index contributed by atoms with van der Waals surface area (Å²) in [4.78, 5) is 22.7. The second kappa shape index (κ2) is 7.47. The summed E-state index contributed by atoms with van der Waals surface area (Å²) in [5.74, 6) is -0.978. The lowest BCUT2D eigenvalue weighted by Gasteiger charge is -2.05. The number of carbonyl (C=O) groups is 2. The summed E-state index contributed by atoms with van der Waals surface area (Å²) >= 11 is 0. The van der Waals surface area contributed by atoms with E-state index < -0.39 is 11.9 Å². The number of nitriles is 1. The number of carboxylic acid groups (broad SMARTS) is 1. The molecule has 23 heavy (non-hydrogen) atoms. The highest BCUT2D eigenvalue weighted by molar-refractivity contribution is 6.06. The predicted molar refractivity (Wildman–Crippen MR) is 81.3 cm³/mol. The fraction of sp³-hybridized carbons (Fsp3) is 0.0625. The molecule has 7 nitrogen and oxygen atoms in total.